The van der Waals surface area contributed by atoms with Crippen molar-refractivity contribution in [1.82, 2.24) is 0 Å². The summed E-state index contributed by atoms with van der Waals surface area (Å²) in [6.07, 6.45) is 4.74. The van der Waals surface area contributed by atoms with E-state index >= 15 is 0 Å². The van der Waals surface area contributed by atoms with Gasteiger partial charge in [-0.15, -0.1) is 0 Å². The minimum Gasteiger partial charge on any atom is -0.539 e. The highest BCUT2D eigenvalue weighted by Gasteiger charge is 2.51. The van der Waals surface area contributed by atoms with E-state index in [1.54, 1.807) is 0 Å². The van der Waals surface area contributed by atoms with Gasteiger partial charge >= 0.3 is 8.32 Å². The van der Waals surface area contributed by atoms with E-state index in [0.29, 0.717) is 0 Å². The molecule has 126 valence electrons. The Labute approximate surface area is 147 Å². The Morgan fingerprint density at radius 2 is 1.42 bits per heavy atom. The van der Waals surface area contributed by atoms with Crippen molar-refractivity contribution in [3.8, 4) is 0 Å². The second-order valence-corrected chi connectivity index (χ2v) is 11.3. The lowest BCUT2D eigenvalue weighted by Crippen LogP contribution is -2.65. The quantitative estimate of drug-likeness (QED) is 0.408. The number of allylic oxidation sites excluding steroid dienone is 2. The van der Waals surface area contributed by atoms with Crippen molar-refractivity contribution in [3.05, 3.63) is 85.2 Å². The average molecular weight is 337 g/mol. The van der Waals surface area contributed by atoms with E-state index in [-0.39, 0.29) is 5.04 Å². The summed E-state index contributed by atoms with van der Waals surface area (Å²) >= 11 is 0. The van der Waals surface area contributed by atoms with Crippen molar-refractivity contribution < 1.29 is 4.43 Å². The molecule has 2 heteroatoms. The van der Waals surface area contributed by atoms with Crippen LogP contribution < -0.4 is 10.4 Å². The maximum atomic E-state index is 6.72. The number of hydrogen-bond acceptors (Lipinski definition) is 1. The molecule has 0 aromatic heterocycles. The second kappa shape index (κ2) is 7.67. The minimum absolute atomic E-state index is 0.00771. The van der Waals surface area contributed by atoms with Gasteiger partial charge in [0.15, 0.2) is 0 Å². The lowest BCUT2D eigenvalue weighted by atomic mass is 10.2. The van der Waals surface area contributed by atoms with Crippen LogP contribution in [0.4, 0.5) is 0 Å². The Morgan fingerprint density at radius 1 is 0.958 bits per heavy atom. The third-order valence-electron chi connectivity index (χ3n) is 4.47. The molecule has 0 atom stereocenters. The molecule has 0 unspecified atom stereocenters. The number of hydrogen-bond donors (Lipinski definition) is 0. The first-order chi connectivity index (χ1) is 11.5. The summed E-state index contributed by atoms with van der Waals surface area (Å²) in [4.78, 5) is 0. The van der Waals surface area contributed by atoms with Crippen LogP contribution in [-0.2, 0) is 4.43 Å². The van der Waals surface area contributed by atoms with Crippen molar-refractivity contribution in [2.75, 3.05) is 0 Å². The molecule has 2 aromatic carbocycles. The van der Waals surface area contributed by atoms with Crippen molar-refractivity contribution >= 4 is 18.7 Å². The highest BCUT2D eigenvalue weighted by molar-refractivity contribution is 6.99. The summed E-state index contributed by atoms with van der Waals surface area (Å²) in [6, 6.07) is 21.4. The van der Waals surface area contributed by atoms with Crippen molar-refractivity contribution in [1.29, 1.82) is 0 Å². The molecule has 0 heterocycles. The lowest BCUT2D eigenvalue weighted by Gasteiger charge is -2.42. The van der Waals surface area contributed by atoms with Crippen LogP contribution in [-0.4, -0.2) is 8.32 Å². The zero-order valence-electron chi connectivity index (χ0n) is 15.3. The van der Waals surface area contributed by atoms with Crippen LogP contribution in [0.2, 0.25) is 5.04 Å². The molecule has 0 bridgehead atoms. The summed E-state index contributed by atoms with van der Waals surface area (Å²) in [5.41, 5.74) is 1.13. The van der Waals surface area contributed by atoms with Gasteiger partial charge in [-0.05, 0) is 27.4 Å². The molecular formula is C22H28OSi. The predicted octanol–water partition coefficient (Wildman–Crippen LogP) is 5.04. The van der Waals surface area contributed by atoms with Gasteiger partial charge in [0.1, 0.15) is 0 Å². The molecule has 0 N–H and O–H groups in total. The van der Waals surface area contributed by atoms with E-state index < -0.39 is 8.32 Å². The zero-order valence-corrected chi connectivity index (χ0v) is 16.3. The van der Waals surface area contributed by atoms with Gasteiger partial charge in [0.2, 0.25) is 0 Å². The molecule has 24 heavy (non-hydrogen) atoms. The molecular weight excluding hydrogens is 308 g/mol. The molecule has 2 aromatic rings. The zero-order chi connectivity index (χ0) is 17.6. The molecule has 0 saturated carbocycles. The lowest BCUT2D eigenvalue weighted by molar-refractivity contribution is 0.440. The van der Waals surface area contributed by atoms with E-state index in [1.165, 1.54) is 10.4 Å². The van der Waals surface area contributed by atoms with Gasteiger partial charge in [-0.2, -0.15) is 0 Å². The number of benzene rings is 2. The minimum atomic E-state index is -2.47. The van der Waals surface area contributed by atoms with Gasteiger partial charge in [0.25, 0.3) is 0 Å². The molecule has 0 aliphatic rings. The van der Waals surface area contributed by atoms with E-state index in [0.717, 1.165) is 12.0 Å². The van der Waals surface area contributed by atoms with Crippen LogP contribution in [0.25, 0.3) is 0 Å². The maximum Gasteiger partial charge on any atom is 0.319 e. The standard InChI is InChI=1S/C22H28OSi/c1-6-19(7-2)18-23-24(22(3,4)5,20-14-10-8-11-15-20)21-16-12-9-13-17-21/h6,8-18H,1,7H2,2-5H3. The Kier molecular flexibility index (Phi) is 5.84. The van der Waals surface area contributed by atoms with Gasteiger partial charge in [-0.25, -0.2) is 0 Å². The topological polar surface area (TPSA) is 9.23 Å². The Hall–Kier alpha value is -2.06. The predicted molar refractivity (Wildman–Crippen MR) is 107 cm³/mol. The van der Waals surface area contributed by atoms with Crippen LogP contribution in [0, 0.1) is 0 Å². The monoisotopic (exact) mass is 336 g/mol. The third kappa shape index (κ3) is 3.54. The van der Waals surface area contributed by atoms with Gasteiger partial charge in [0.05, 0.1) is 6.26 Å². The normalized spacial score (nSPS) is 12.8. The summed E-state index contributed by atoms with van der Waals surface area (Å²) in [7, 11) is -2.47. The Balaban J connectivity index is 2.70. The van der Waals surface area contributed by atoms with Gasteiger partial charge < -0.3 is 4.43 Å². The second-order valence-electron chi connectivity index (χ2n) is 7.03. The average Bonchev–Trinajstić information content (AvgIpc) is 2.59. The number of rotatable bonds is 6. The highest BCUT2D eigenvalue weighted by Crippen LogP contribution is 2.37. The van der Waals surface area contributed by atoms with E-state index in [9.17, 15) is 0 Å². The molecule has 0 aliphatic carbocycles. The maximum absolute atomic E-state index is 6.72. The molecule has 0 fully saturated rings. The van der Waals surface area contributed by atoms with Crippen LogP contribution >= 0.6 is 0 Å². The van der Waals surface area contributed by atoms with Crippen LogP contribution in [0.3, 0.4) is 0 Å². The first kappa shape index (κ1) is 18.3. The fourth-order valence-corrected chi connectivity index (χ4v) is 7.47. The molecule has 0 spiro atoms. The van der Waals surface area contributed by atoms with Gasteiger partial charge in [-0.3, -0.25) is 0 Å². The van der Waals surface area contributed by atoms with Crippen LogP contribution in [0.1, 0.15) is 34.1 Å². The summed E-state index contributed by atoms with van der Waals surface area (Å²) in [5.74, 6) is 0. The SMILES string of the molecule is C=CC(=CO[Si](c1ccccc1)(c1ccccc1)C(C)(C)C)CC. The Bertz CT molecular complexity index is 641. The molecule has 0 saturated heterocycles. The summed E-state index contributed by atoms with van der Waals surface area (Å²) < 4.78 is 6.72. The summed E-state index contributed by atoms with van der Waals surface area (Å²) in [5, 5.41) is 2.57. The highest BCUT2D eigenvalue weighted by atomic mass is 28.4. The van der Waals surface area contributed by atoms with Crippen LogP contribution in [0.15, 0.2) is 85.2 Å². The van der Waals surface area contributed by atoms with E-state index in [4.69, 9.17) is 4.43 Å². The smallest absolute Gasteiger partial charge is 0.319 e. The third-order valence-corrected chi connectivity index (χ3v) is 9.35. The van der Waals surface area contributed by atoms with Gasteiger partial charge in [0, 0.05) is 0 Å². The van der Waals surface area contributed by atoms with Crippen molar-refractivity contribution in [3.63, 3.8) is 0 Å². The fraction of sp³-hybridized carbons (Fsp3) is 0.273. The first-order valence-corrected chi connectivity index (χ1v) is 10.5. The molecule has 0 radical (unpaired) electrons. The fourth-order valence-electron chi connectivity index (χ4n) is 3.13. The van der Waals surface area contributed by atoms with Crippen LogP contribution in [0.5, 0.6) is 0 Å². The molecule has 2 rings (SSSR count). The van der Waals surface area contributed by atoms with E-state index in [1.807, 2.05) is 12.3 Å². The molecule has 0 aliphatic heterocycles. The van der Waals surface area contributed by atoms with E-state index in [2.05, 4.69) is 94.9 Å². The Morgan fingerprint density at radius 3 is 1.75 bits per heavy atom. The van der Waals surface area contributed by atoms with Crippen molar-refractivity contribution in [2.45, 2.75) is 39.2 Å². The van der Waals surface area contributed by atoms with Gasteiger partial charge in [-0.1, -0.05) is 101 Å². The summed E-state index contributed by atoms with van der Waals surface area (Å²) in [6.45, 7) is 12.9. The largest absolute Gasteiger partial charge is 0.539 e. The molecule has 0 amide bonds. The van der Waals surface area contributed by atoms with Crippen molar-refractivity contribution in [2.24, 2.45) is 0 Å². The first-order valence-electron chi connectivity index (χ1n) is 8.56. The molecule has 1 nitrogen and oxygen atoms in total.